The van der Waals surface area contributed by atoms with E-state index >= 15 is 0 Å². The van der Waals surface area contributed by atoms with E-state index in [9.17, 15) is 14.0 Å². The third-order valence-corrected chi connectivity index (χ3v) is 4.75. The van der Waals surface area contributed by atoms with Crippen LogP contribution in [-0.4, -0.2) is 30.2 Å². The van der Waals surface area contributed by atoms with Gasteiger partial charge in [-0.15, -0.1) is 11.8 Å². The molecule has 2 aromatic rings. The van der Waals surface area contributed by atoms with E-state index in [1.165, 1.54) is 23.8 Å². The third-order valence-electron chi connectivity index (χ3n) is 3.54. The van der Waals surface area contributed by atoms with Crippen LogP contribution in [-0.2, 0) is 10.5 Å². The van der Waals surface area contributed by atoms with Crippen molar-refractivity contribution in [3.63, 3.8) is 0 Å². The fraction of sp³-hybridized carbons (Fsp3) is 0.263. The monoisotopic (exact) mass is 360 g/mol. The molecule has 0 radical (unpaired) electrons. The molecule has 4 nitrogen and oxygen atoms in total. The van der Waals surface area contributed by atoms with Gasteiger partial charge in [0.1, 0.15) is 5.82 Å². The van der Waals surface area contributed by atoms with Crippen LogP contribution < -0.4 is 10.6 Å². The van der Waals surface area contributed by atoms with Crippen LogP contribution in [0.1, 0.15) is 22.8 Å². The van der Waals surface area contributed by atoms with E-state index in [4.69, 9.17) is 0 Å². The van der Waals surface area contributed by atoms with Gasteiger partial charge < -0.3 is 10.6 Å². The number of amides is 2. The first kappa shape index (κ1) is 19.0. The van der Waals surface area contributed by atoms with Crippen molar-refractivity contribution in [1.82, 2.24) is 10.6 Å². The van der Waals surface area contributed by atoms with E-state index < -0.39 is 11.7 Å². The molecule has 0 saturated carbocycles. The zero-order valence-electron chi connectivity index (χ0n) is 14.0. The van der Waals surface area contributed by atoms with Crippen LogP contribution in [0.25, 0.3) is 0 Å². The molecule has 2 N–H and O–H groups in total. The summed E-state index contributed by atoms with van der Waals surface area (Å²) in [5.74, 6) is -0.366. The van der Waals surface area contributed by atoms with Crippen molar-refractivity contribution in [3.8, 4) is 0 Å². The minimum atomic E-state index is -0.560. The Labute approximate surface area is 151 Å². The predicted molar refractivity (Wildman–Crippen MR) is 98.9 cm³/mol. The van der Waals surface area contributed by atoms with Crippen LogP contribution in [0.2, 0.25) is 0 Å². The highest BCUT2D eigenvalue weighted by atomic mass is 32.2. The molecule has 2 amide bonds. The molecule has 0 heterocycles. The Balaban J connectivity index is 1.66. The van der Waals surface area contributed by atoms with E-state index in [0.717, 1.165) is 5.75 Å². The molecule has 1 atom stereocenters. The standard InChI is InChI=1S/C19H21FN2O2S/c1-14(25-13-15-7-3-2-4-8-15)18(23)21-11-12-22-19(24)16-9-5-6-10-17(16)20/h2-10,14H,11-13H2,1H3,(H,21,23)(H,22,24). The SMILES string of the molecule is CC(SCc1ccccc1)C(=O)NCCNC(=O)c1ccccc1F. The smallest absolute Gasteiger partial charge is 0.254 e. The van der Waals surface area contributed by atoms with Gasteiger partial charge in [0.2, 0.25) is 5.91 Å². The summed E-state index contributed by atoms with van der Waals surface area (Å²) in [5, 5.41) is 5.17. The number of carbonyl (C=O) groups is 2. The molecular formula is C19H21FN2O2S. The Morgan fingerprint density at radius 2 is 1.64 bits per heavy atom. The first-order chi connectivity index (χ1) is 12.1. The molecule has 0 bridgehead atoms. The zero-order valence-corrected chi connectivity index (χ0v) is 14.8. The van der Waals surface area contributed by atoms with Gasteiger partial charge in [-0.1, -0.05) is 42.5 Å². The number of hydrogen-bond donors (Lipinski definition) is 2. The first-order valence-electron chi connectivity index (χ1n) is 8.04. The maximum atomic E-state index is 13.5. The molecule has 132 valence electrons. The Hall–Kier alpha value is -2.34. The summed E-state index contributed by atoms with van der Waals surface area (Å²) in [7, 11) is 0. The zero-order chi connectivity index (χ0) is 18.1. The van der Waals surface area contributed by atoms with Crippen molar-refractivity contribution in [2.24, 2.45) is 0 Å². The van der Waals surface area contributed by atoms with Crippen molar-refractivity contribution in [3.05, 3.63) is 71.5 Å². The highest BCUT2D eigenvalue weighted by Crippen LogP contribution is 2.17. The second kappa shape index (κ2) is 9.84. The molecule has 0 saturated heterocycles. The molecule has 2 aromatic carbocycles. The lowest BCUT2D eigenvalue weighted by Crippen LogP contribution is -2.38. The molecule has 2 rings (SSSR count). The van der Waals surface area contributed by atoms with Crippen molar-refractivity contribution in [2.45, 2.75) is 17.9 Å². The molecule has 0 fully saturated rings. The number of carbonyl (C=O) groups excluding carboxylic acids is 2. The normalized spacial score (nSPS) is 11.6. The van der Waals surface area contributed by atoms with Crippen LogP contribution in [0.15, 0.2) is 54.6 Å². The van der Waals surface area contributed by atoms with Gasteiger partial charge in [-0.2, -0.15) is 0 Å². The Kier molecular flexibility index (Phi) is 7.47. The maximum absolute atomic E-state index is 13.5. The third kappa shape index (κ3) is 6.23. The topological polar surface area (TPSA) is 58.2 Å². The summed E-state index contributed by atoms with van der Waals surface area (Å²) in [5.41, 5.74) is 1.17. The lowest BCUT2D eigenvalue weighted by atomic mass is 10.2. The van der Waals surface area contributed by atoms with Gasteiger partial charge in [0.05, 0.1) is 10.8 Å². The Morgan fingerprint density at radius 3 is 2.36 bits per heavy atom. The summed E-state index contributed by atoms with van der Waals surface area (Å²) < 4.78 is 13.5. The van der Waals surface area contributed by atoms with Gasteiger partial charge in [0.25, 0.3) is 5.91 Å². The van der Waals surface area contributed by atoms with E-state index in [0.29, 0.717) is 6.54 Å². The minimum Gasteiger partial charge on any atom is -0.353 e. The van der Waals surface area contributed by atoms with Gasteiger partial charge >= 0.3 is 0 Å². The summed E-state index contributed by atoms with van der Waals surface area (Å²) in [6.07, 6.45) is 0. The fourth-order valence-corrected chi connectivity index (χ4v) is 2.99. The molecular weight excluding hydrogens is 339 g/mol. The van der Waals surface area contributed by atoms with E-state index in [-0.39, 0.29) is 23.3 Å². The van der Waals surface area contributed by atoms with Gasteiger partial charge in [-0.3, -0.25) is 9.59 Å². The molecule has 0 aliphatic carbocycles. The molecule has 6 heteroatoms. The lowest BCUT2D eigenvalue weighted by molar-refractivity contribution is -0.120. The predicted octanol–water partition coefficient (Wildman–Crippen LogP) is 2.99. The molecule has 0 aliphatic heterocycles. The van der Waals surface area contributed by atoms with Crippen molar-refractivity contribution in [1.29, 1.82) is 0 Å². The highest BCUT2D eigenvalue weighted by Gasteiger charge is 2.13. The van der Waals surface area contributed by atoms with Crippen molar-refractivity contribution in [2.75, 3.05) is 13.1 Å². The number of hydrogen-bond acceptors (Lipinski definition) is 3. The first-order valence-corrected chi connectivity index (χ1v) is 9.09. The molecule has 0 spiro atoms. The van der Waals surface area contributed by atoms with Gasteiger partial charge in [0, 0.05) is 18.8 Å². The lowest BCUT2D eigenvalue weighted by Gasteiger charge is -2.12. The number of thioether (sulfide) groups is 1. The molecule has 1 unspecified atom stereocenters. The quantitative estimate of drug-likeness (QED) is 0.712. The number of benzene rings is 2. The summed E-state index contributed by atoms with van der Waals surface area (Å²) in [4.78, 5) is 23.9. The highest BCUT2D eigenvalue weighted by molar-refractivity contribution is 7.99. The van der Waals surface area contributed by atoms with Crippen LogP contribution in [0.4, 0.5) is 4.39 Å². The van der Waals surface area contributed by atoms with Crippen LogP contribution in [0.5, 0.6) is 0 Å². The summed E-state index contributed by atoms with van der Waals surface area (Å²) in [6, 6.07) is 15.7. The van der Waals surface area contributed by atoms with E-state index in [1.54, 1.807) is 17.8 Å². The number of rotatable bonds is 8. The van der Waals surface area contributed by atoms with Gasteiger partial charge in [-0.05, 0) is 24.6 Å². The van der Waals surface area contributed by atoms with E-state index in [2.05, 4.69) is 10.6 Å². The summed E-state index contributed by atoms with van der Waals surface area (Å²) in [6.45, 7) is 2.39. The minimum absolute atomic E-state index is 0.000566. The average Bonchev–Trinajstić information content (AvgIpc) is 2.64. The van der Waals surface area contributed by atoms with Crippen LogP contribution in [0, 0.1) is 5.82 Å². The average molecular weight is 360 g/mol. The van der Waals surface area contributed by atoms with Crippen molar-refractivity contribution >= 4 is 23.6 Å². The molecule has 0 aliphatic rings. The van der Waals surface area contributed by atoms with Crippen LogP contribution in [0.3, 0.4) is 0 Å². The van der Waals surface area contributed by atoms with Crippen LogP contribution >= 0.6 is 11.8 Å². The molecule has 0 aromatic heterocycles. The van der Waals surface area contributed by atoms with Gasteiger partial charge in [-0.25, -0.2) is 4.39 Å². The second-order valence-corrected chi connectivity index (χ2v) is 6.79. The van der Waals surface area contributed by atoms with Gasteiger partial charge in [0.15, 0.2) is 0 Å². The maximum Gasteiger partial charge on any atom is 0.254 e. The molecule has 25 heavy (non-hydrogen) atoms. The summed E-state index contributed by atoms with van der Waals surface area (Å²) >= 11 is 1.55. The Bertz CT molecular complexity index is 710. The fourth-order valence-electron chi connectivity index (χ4n) is 2.12. The largest absolute Gasteiger partial charge is 0.353 e. The number of halogens is 1. The Morgan fingerprint density at radius 1 is 1.00 bits per heavy atom. The second-order valence-electron chi connectivity index (χ2n) is 5.47. The van der Waals surface area contributed by atoms with Crippen molar-refractivity contribution < 1.29 is 14.0 Å². The number of nitrogens with one attached hydrogen (secondary N) is 2. The van der Waals surface area contributed by atoms with E-state index in [1.807, 2.05) is 37.3 Å².